The predicted octanol–water partition coefficient (Wildman–Crippen LogP) is 7.62. The molecule has 0 radical (unpaired) electrons. The molecule has 0 atom stereocenters. The first-order chi connectivity index (χ1) is 23.9. The fourth-order valence-electron chi connectivity index (χ4n) is 7.55. The lowest BCUT2D eigenvalue weighted by atomic mass is 9.75. The fraction of sp³-hybridized carbons (Fsp3) is 0.375. The molecule has 2 fully saturated rings. The van der Waals surface area contributed by atoms with Gasteiger partial charge in [-0.2, -0.15) is 0 Å². The number of nitrogens with zero attached hydrogens (tertiary/aromatic N) is 1. The number of amides is 2. The molecule has 4 aromatic rings. The van der Waals surface area contributed by atoms with E-state index in [1.165, 1.54) is 42.0 Å². The van der Waals surface area contributed by atoms with E-state index in [0.29, 0.717) is 49.8 Å². The van der Waals surface area contributed by atoms with E-state index in [-0.39, 0.29) is 11.8 Å². The smallest absolute Gasteiger partial charge is 0.330 e. The van der Waals surface area contributed by atoms with Crippen LogP contribution in [0.4, 0.5) is 5.69 Å². The molecule has 49 heavy (non-hydrogen) atoms. The molecule has 0 saturated heterocycles. The van der Waals surface area contributed by atoms with Crippen molar-refractivity contribution < 1.29 is 28.6 Å². The largest absolute Gasteiger partial charge is 0.497 e. The zero-order chi connectivity index (χ0) is 34.0. The maximum Gasteiger partial charge on any atom is 0.330 e. The summed E-state index contributed by atoms with van der Waals surface area (Å²) in [6.45, 7) is 3.24. The number of esters is 1. The molecule has 0 bridgehead atoms. The summed E-state index contributed by atoms with van der Waals surface area (Å²) >= 11 is 0. The molecule has 7 rings (SSSR count). The molecule has 2 N–H and O–H groups in total. The van der Waals surface area contributed by atoms with Crippen LogP contribution >= 0.6 is 0 Å². The molecule has 2 saturated carbocycles. The van der Waals surface area contributed by atoms with Gasteiger partial charge in [0.2, 0.25) is 5.91 Å². The first-order valence-electron chi connectivity index (χ1n) is 17.5. The second-order valence-corrected chi connectivity index (χ2v) is 13.2. The summed E-state index contributed by atoms with van der Waals surface area (Å²) in [6, 6.07) is 19.2. The van der Waals surface area contributed by atoms with Crippen molar-refractivity contribution in [1.82, 2.24) is 9.88 Å². The molecule has 2 amide bonds. The molecule has 1 aliphatic heterocycles. The Morgan fingerprint density at radius 2 is 1.78 bits per heavy atom. The van der Waals surface area contributed by atoms with Crippen LogP contribution in [-0.4, -0.2) is 48.2 Å². The summed E-state index contributed by atoms with van der Waals surface area (Å²) in [5.74, 6) is 1.11. The number of methoxy groups -OCH3 is 1. The monoisotopic (exact) mass is 661 g/mol. The van der Waals surface area contributed by atoms with Crippen LogP contribution in [0.2, 0.25) is 0 Å². The lowest BCUT2D eigenvalue weighted by Crippen LogP contribution is -2.61. The molecular weight excluding hydrogens is 618 g/mol. The third kappa shape index (κ3) is 6.42. The van der Waals surface area contributed by atoms with Crippen LogP contribution < -0.4 is 20.1 Å². The fourth-order valence-corrected chi connectivity index (χ4v) is 7.55. The van der Waals surface area contributed by atoms with Crippen molar-refractivity contribution >= 4 is 40.4 Å². The molecule has 0 unspecified atom stereocenters. The number of hydrogen-bond donors (Lipinski definition) is 2. The van der Waals surface area contributed by atoms with Gasteiger partial charge in [-0.15, -0.1) is 0 Å². The summed E-state index contributed by atoms with van der Waals surface area (Å²) in [5.41, 5.74) is 5.55. The number of aromatic nitrogens is 1. The van der Waals surface area contributed by atoms with Gasteiger partial charge in [-0.05, 0) is 98.5 Å². The van der Waals surface area contributed by atoms with Gasteiger partial charge in [0.25, 0.3) is 5.91 Å². The average molecular weight is 662 g/mol. The topological polar surface area (TPSA) is 108 Å². The van der Waals surface area contributed by atoms with Crippen LogP contribution in [-0.2, 0) is 20.9 Å². The number of hydrogen-bond acceptors (Lipinski definition) is 6. The van der Waals surface area contributed by atoms with Crippen molar-refractivity contribution in [3.8, 4) is 22.8 Å². The number of rotatable bonds is 9. The van der Waals surface area contributed by atoms with E-state index in [1.54, 1.807) is 32.2 Å². The molecule has 0 spiro atoms. The minimum atomic E-state index is -0.982. The highest BCUT2D eigenvalue weighted by Crippen LogP contribution is 2.48. The van der Waals surface area contributed by atoms with Gasteiger partial charge in [-0.25, -0.2) is 4.79 Å². The number of nitrogens with one attached hydrogen (secondary N) is 2. The van der Waals surface area contributed by atoms with Crippen LogP contribution in [0.25, 0.3) is 28.2 Å². The Morgan fingerprint density at radius 1 is 0.980 bits per heavy atom. The van der Waals surface area contributed by atoms with Gasteiger partial charge in [0.15, 0.2) is 0 Å². The summed E-state index contributed by atoms with van der Waals surface area (Å²) in [6.07, 6.45) is 11.0. The Labute approximate surface area is 286 Å². The van der Waals surface area contributed by atoms with E-state index >= 15 is 0 Å². The second kappa shape index (κ2) is 13.8. The van der Waals surface area contributed by atoms with Crippen molar-refractivity contribution in [2.24, 2.45) is 0 Å². The first-order valence-corrected chi connectivity index (χ1v) is 17.5. The minimum absolute atomic E-state index is 0.233. The number of carbonyl (C=O) groups excluding carboxylic acids is 3. The van der Waals surface area contributed by atoms with Crippen molar-refractivity contribution in [1.29, 1.82) is 0 Å². The van der Waals surface area contributed by atoms with Crippen molar-refractivity contribution in [2.45, 2.75) is 76.3 Å². The second-order valence-electron chi connectivity index (χ2n) is 13.2. The van der Waals surface area contributed by atoms with E-state index in [0.717, 1.165) is 47.4 Å². The zero-order valence-corrected chi connectivity index (χ0v) is 28.2. The van der Waals surface area contributed by atoms with Gasteiger partial charge >= 0.3 is 5.97 Å². The summed E-state index contributed by atoms with van der Waals surface area (Å²) in [5, 5.41) is 7.29. The van der Waals surface area contributed by atoms with Gasteiger partial charge in [0.05, 0.1) is 26.0 Å². The lowest BCUT2D eigenvalue weighted by Gasteiger charge is -2.40. The molecule has 9 nitrogen and oxygen atoms in total. The van der Waals surface area contributed by atoms with E-state index < -0.39 is 11.5 Å². The Hall–Kier alpha value is -5.05. The summed E-state index contributed by atoms with van der Waals surface area (Å²) in [4.78, 5) is 39.1. The molecule has 3 aromatic carbocycles. The number of fused-ring (bicyclic) bond motifs is 5. The maximum absolute atomic E-state index is 13.9. The quantitative estimate of drug-likeness (QED) is 0.141. The highest BCUT2D eigenvalue weighted by atomic mass is 16.5. The Kier molecular flexibility index (Phi) is 9.17. The van der Waals surface area contributed by atoms with Gasteiger partial charge in [-0.1, -0.05) is 37.5 Å². The minimum Gasteiger partial charge on any atom is -0.497 e. The molecule has 9 heteroatoms. The standard InChI is InChI=1S/C40H43N3O6/c1-3-48-35(44)19-12-26-10-14-29(15-11-26)41-39(46)40(20-7-21-40)42-38(45)28-13-17-31-33(24-28)43-22-23-49-34-25-30(47-2)16-18-32(34)37(43)36(31)27-8-5-4-6-9-27/h10-19,24-25,27H,3-9,20-23H2,1-2H3,(H,41,46)(H,42,45). The Morgan fingerprint density at radius 3 is 2.49 bits per heavy atom. The molecule has 2 heterocycles. The molecular formula is C40H43N3O6. The number of anilines is 1. The Bertz CT molecular complexity index is 1910. The van der Waals surface area contributed by atoms with E-state index in [4.69, 9.17) is 14.2 Å². The van der Waals surface area contributed by atoms with E-state index in [2.05, 4.69) is 27.3 Å². The van der Waals surface area contributed by atoms with Crippen LogP contribution in [0.3, 0.4) is 0 Å². The van der Waals surface area contributed by atoms with Crippen LogP contribution in [0, 0.1) is 0 Å². The van der Waals surface area contributed by atoms with E-state index in [9.17, 15) is 14.4 Å². The highest BCUT2D eigenvalue weighted by Gasteiger charge is 2.45. The maximum atomic E-state index is 13.9. The average Bonchev–Trinajstić information content (AvgIpc) is 3.30. The summed E-state index contributed by atoms with van der Waals surface area (Å²) < 4.78 is 19.0. The van der Waals surface area contributed by atoms with Crippen LogP contribution in [0.5, 0.6) is 11.5 Å². The van der Waals surface area contributed by atoms with Gasteiger partial charge < -0.3 is 29.4 Å². The summed E-state index contributed by atoms with van der Waals surface area (Å²) in [7, 11) is 1.67. The molecule has 1 aromatic heterocycles. The Balaban J connectivity index is 1.15. The SMILES string of the molecule is CCOC(=O)C=Cc1ccc(NC(=O)C2(NC(=O)c3ccc4c(C5CCCCC5)c5n(c4c3)CCOc3cc(OC)ccc3-5)CCC2)cc1. The van der Waals surface area contributed by atoms with Crippen molar-refractivity contribution in [2.75, 3.05) is 25.6 Å². The lowest BCUT2D eigenvalue weighted by molar-refractivity contribution is -0.137. The highest BCUT2D eigenvalue weighted by molar-refractivity contribution is 6.06. The zero-order valence-electron chi connectivity index (χ0n) is 28.2. The third-order valence-corrected chi connectivity index (χ3v) is 10.3. The van der Waals surface area contributed by atoms with Crippen LogP contribution in [0.1, 0.15) is 85.7 Å². The number of ether oxygens (including phenoxy) is 3. The van der Waals surface area contributed by atoms with Crippen LogP contribution in [0.15, 0.2) is 66.7 Å². The third-order valence-electron chi connectivity index (χ3n) is 10.3. The van der Waals surface area contributed by atoms with E-state index in [1.807, 2.05) is 36.4 Å². The van der Waals surface area contributed by atoms with Gasteiger partial charge in [0, 0.05) is 39.9 Å². The van der Waals surface area contributed by atoms with Gasteiger partial charge in [-0.3, -0.25) is 9.59 Å². The van der Waals surface area contributed by atoms with Crippen molar-refractivity contribution in [3.63, 3.8) is 0 Å². The van der Waals surface area contributed by atoms with Crippen molar-refractivity contribution in [3.05, 3.63) is 83.4 Å². The molecule has 3 aliphatic rings. The van der Waals surface area contributed by atoms with Gasteiger partial charge in [0.1, 0.15) is 23.6 Å². The first kappa shape index (κ1) is 32.5. The normalized spacial score (nSPS) is 16.9. The molecule has 2 aliphatic carbocycles. The number of benzene rings is 3. The molecule has 254 valence electrons. The predicted molar refractivity (Wildman–Crippen MR) is 190 cm³/mol. The number of carbonyl (C=O) groups is 3.